The smallest absolute Gasteiger partial charge is 0.0195 e. The van der Waals surface area contributed by atoms with E-state index in [0.717, 1.165) is 6.42 Å². The van der Waals surface area contributed by atoms with Crippen molar-refractivity contribution in [2.45, 2.75) is 39.2 Å². The lowest BCUT2D eigenvalue weighted by atomic mass is 9.99. The van der Waals surface area contributed by atoms with Crippen LogP contribution in [0.1, 0.15) is 37.8 Å². The third kappa shape index (κ3) is 5.13. The third-order valence-corrected chi connectivity index (χ3v) is 4.11. The average Bonchev–Trinajstić information content (AvgIpc) is 2.35. The first-order valence-corrected chi connectivity index (χ1v) is 7.66. The molecule has 1 atom stereocenters. The lowest BCUT2D eigenvalue weighted by molar-refractivity contribution is 0.617. The Kier molecular flexibility index (Phi) is 6.68. The van der Waals surface area contributed by atoms with Crippen molar-refractivity contribution in [3.63, 3.8) is 0 Å². The molecule has 17 heavy (non-hydrogen) atoms. The molecule has 1 aromatic carbocycles. The molecule has 0 radical (unpaired) electrons. The molecule has 0 saturated heterocycles. The summed E-state index contributed by atoms with van der Waals surface area (Å²) in [5.41, 5.74) is 2.86. The molecule has 1 N–H and O–H groups in total. The number of hydrogen-bond donors (Lipinski definition) is 1. The first kappa shape index (κ1) is 14.6. The molecule has 2 heteroatoms. The van der Waals surface area contributed by atoms with E-state index in [1.165, 1.54) is 22.6 Å². The molecule has 1 aromatic rings. The van der Waals surface area contributed by atoms with Gasteiger partial charge in [0.2, 0.25) is 0 Å². The zero-order valence-corrected chi connectivity index (χ0v) is 12.3. The summed E-state index contributed by atoms with van der Waals surface area (Å²) in [6.07, 6.45) is 1.13. The van der Waals surface area contributed by atoms with E-state index >= 15 is 0 Å². The number of nitrogens with one attached hydrogen (secondary N) is 1. The summed E-state index contributed by atoms with van der Waals surface area (Å²) in [7, 11) is 2.06. The van der Waals surface area contributed by atoms with Gasteiger partial charge in [-0.15, -0.1) is 0 Å². The minimum Gasteiger partial charge on any atom is -0.316 e. The van der Waals surface area contributed by atoms with Crippen molar-refractivity contribution < 1.29 is 0 Å². The van der Waals surface area contributed by atoms with Crippen molar-refractivity contribution in [1.29, 1.82) is 0 Å². The summed E-state index contributed by atoms with van der Waals surface area (Å²) in [4.78, 5) is 0. The van der Waals surface area contributed by atoms with Gasteiger partial charge in [0.25, 0.3) is 0 Å². The fraction of sp³-hybridized carbons (Fsp3) is 0.600. The highest BCUT2D eigenvalue weighted by Crippen LogP contribution is 2.16. The summed E-state index contributed by atoms with van der Waals surface area (Å²) in [6.45, 7) is 6.70. The Bertz CT molecular complexity index is 305. The number of hydrogen-bond acceptors (Lipinski definition) is 2. The molecule has 0 saturated carbocycles. The second-order valence-corrected chi connectivity index (χ2v) is 6.06. The molecule has 0 aliphatic heterocycles. The van der Waals surface area contributed by atoms with Crippen molar-refractivity contribution in [2.75, 3.05) is 18.6 Å². The summed E-state index contributed by atoms with van der Waals surface area (Å²) >= 11 is 2.01. The SMILES string of the molecule is CCSCC(Cc1ccc(C(C)C)cc1)NC. The normalized spacial score (nSPS) is 13.0. The molecular formula is C15H25NS. The Morgan fingerprint density at radius 2 is 1.82 bits per heavy atom. The maximum Gasteiger partial charge on any atom is 0.0195 e. The third-order valence-electron chi connectivity index (χ3n) is 3.06. The molecule has 0 amide bonds. The van der Waals surface area contributed by atoms with Gasteiger partial charge < -0.3 is 5.32 Å². The number of benzene rings is 1. The van der Waals surface area contributed by atoms with Crippen LogP contribution in [0, 0.1) is 0 Å². The van der Waals surface area contributed by atoms with E-state index in [0.29, 0.717) is 12.0 Å². The molecule has 0 heterocycles. The van der Waals surface area contributed by atoms with Crippen LogP contribution in [0.4, 0.5) is 0 Å². The van der Waals surface area contributed by atoms with E-state index in [9.17, 15) is 0 Å². The van der Waals surface area contributed by atoms with Crippen molar-refractivity contribution >= 4 is 11.8 Å². The quantitative estimate of drug-likeness (QED) is 0.793. The fourth-order valence-corrected chi connectivity index (χ4v) is 2.63. The molecule has 0 aliphatic carbocycles. The van der Waals surface area contributed by atoms with Crippen LogP contribution in [0.3, 0.4) is 0 Å². The van der Waals surface area contributed by atoms with Gasteiger partial charge in [-0.2, -0.15) is 11.8 Å². The summed E-state index contributed by atoms with van der Waals surface area (Å²) in [5, 5.41) is 3.40. The van der Waals surface area contributed by atoms with Gasteiger partial charge in [-0.25, -0.2) is 0 Å². The van der Waals surface area contributed by atoms with Crippen molar-refractivity contribution in [3.8, 4) is 0 Å². The molecule has 1 unspecified atom stereocenters. The fourth-order valence-electron chi connectivity index (χ4n) is 1.83. The van der Waals surface area contributed by atoms with Gasteiger partial charge in [-0.1, -0.05) is 45.0 Å². The lowest BCUT2D eigenvalue weighted by Gasteiger charge is -2.16. The maximum absolute atomic E-state index is 3.40. The van der Waals surface area contributed by atoms with Gasteiger partial charge in [0.15, 0.2) is 0 Å². The van der Waals surface area contributed by atoms with E-state index in [-0.39, 0.29) is 0 Å². The predicted molar refractivity (Wildman–Crippen MR) is 80.1 cm³/mol. The minimum atomic E-state index is 0.588. The van der Waals surface area contributed by atoms with Crippen LogP contribution in [0.2, 0.25) is 0 Å². The van der Waals surface area contributed by atoms with Crippen molar-refractivity contribution in [2.24, 2.45) is 0 Å². The van der Waals surface area contributed by atoms with Crippen LogP contribution in [0.5, 0.6) is 0 Å². The zero-order chi connectivity index (χ0) is 12.7. The van der Waals surface area contributed by atoms with Crippen LogP contribution >= 0.6 is 11.8 Å². The van der Waals surface area contributed by atoms with Crippen molar-refractivity contribution in [3.05, 3.63) is 35.4 Å². The molecule has 96 valence electrons. The first-order chi connectivity index (χ1) is 8.17. The van der Waals surface area contributed by atoms with Gasteiger partial charge in [0.1, 0.15) is 0 Å². The van der Waals surface area contributed by atoms with Crippen LogP contribution < -0.4 is 5.32 Å². The Morgan fingerprint density at radius 3 is 2.29 bits per heavy atom. The van der Waals surface area contributed by atoms with E-state index in [1.807, 2.05) is 11.8 Å². The summed E-state index contributed by atoms with van der Waals surface area (Å²) < 4.78 is 0. The number of thioether (sulfide) groups is 1. The highest BCUT2D eigenvalue weighted by molar-refractivity contribution is 7.99. The molecule has 0 aromatic heterocycles. The predicted octanol–water partition coefficient (Wildman–Crippen LogP) is 3.69. The van der Waals surface area contributed by atoms with E-state index in [2.05, 4.69) is 57.4 Å². The van der Waals surface area contributed by atoms with E-state index < -0.39 is 0 Å². The van der Waals surface area contributed by atoms with Gasteiger partial charge in [0.05, 0.1) is 0 Å². The molecule has 1 rings (SSSR count). The molecule has 0 fully saturated rings. The molecular weight excluding hydrogens is 226 g/mol. The first-order valence-electron chi connectivity index (χ1n) is 6.51. The largest absolute Gasteiger partial charge is 0.316 e. The Hall–Kier alpha value is -0.470. The van der Waals surface area contributed by atoms with Gasteiger partial charge in [-0.3, -0.25) is 0 Å². The average molecular weight is 251 g/mol. The highest BCUT2D eigenvalue weighted by Gasteiger charge is 2.07. The summed E-state index contributed by atoms with van der Waals surface area (Å²) in [6, 6.07) is 9.66. The lowest BCUT2D eigenvalue weighted by Crippen LogP contribution is -2.30. The molecule has 0 bridgehead atoms. The highest BCUT2D eigenvalue weighted by atomic mass is 32.2. The van der Waals surface area contributed by atoms with Gasteiger partial charge in [-0.05, 0) is 36.3 Å². The zero-order valence-electron chi connectivity index (χ0n) is 11.5. The molecule has 0 aliphatic rings. The van der Waals surface area contributed by atoms with E-state index in [4.69, 9.17) is 0 Å². The molecule has 1 nitrogen and oxygen atoms in total. The van der Waals surface area contributed by atoms with Gasteiger partial charge in [0, 0.05) is 11.8 Å². The molecule has 0 spiro atoms. The van der Waals surface area contributed by atoms with Gasteiger partial charge >= 0.3 is 0 Å². The standard InChI is InChI=1S/C15H25NS/c1-5-17-11-15(16-4)10-13-6-8-14(9-7-13)12(2)3/h6-9,12,15-16H,5,10-11H2,1-4H3. The second kappa shape index (κ2) is 7.78. The monoisotopic (exact) mass is 251 g/mol. The summed E-state index contributed by atoms with van der Waals surface area (Å²) in [5.74, 6) is 3.02. The van der Waals surface area contributed by atoms with Crippen LogP contribution in [-0.4, -0.2) is 24.6 Å². The second-order valence-electron chi connectivity index (χ2n) is 4.75. The van der Waals surface area contributed by atoms with Crippen LogP contribution in [-0.2, 0) is 6.42 Å². The maximum atomic E-state index is 3.40. The number of rotatable bonds is 7. The van der Waals surface area contributed by atoms with E-state index in [1.54, 1.807) is 0 Å². The Balaban J connectivity index is 2.54. The topological polar surface area (TPSA) is 12.0 Å². The minimum absolute atomic E-state index is 0.588. The number of likely N-dealkylation sites (N-methyl/N-ethyl adjacent to an activating group) is 1. The van der Waals surface area contributed by atoms with Crippen molar-refractivity contribution in [1.82, 2.24) is 5.32 Å². The van der Waals surface area contributed by atoms with Crippen LogP contribution in [0.25, 0.3) is 0 Å². The van der Waals surface area contributed by atoms with Crippen LogP contribution in [0.15, 0.2) is 24.3 Å². The Labute approximate surface area is 110 Å². The Morgan fingerprint density at radius 1 is 1.18 bits per heavy atom.